The second kappa shape index (κ2) is 20.8. The second-order valence-electron chi connectivity index (χ2n) is 6.03. The molecule has 1 rings (SSSR count). The summed E-state index contributed by atoms with van der Waals surface area (Å²) in [6, 6.07) is 0. The van der Waals surface area contributed by atoms with E-state index >= 15 is 0 Å². The van der Waals surface area contributed by atoms with Gasteiger partial charge in [-0.15, -0.1) is 5.10 Å². The van der Waals surface area contributed by atoms with E-state index in [0.29, 0.717) is 32.8 Å². The molecular formula is C19H39N3O3. The summed E-state index contributed by atoms with van der Waals surface area (Å²) in [5.41, 5.74) is 0.805. The van der Waals surface area contributed by atoms with Crippen LogP contribution in [0.15, 0.2) is 6.20 Å². The van der Waals surface area contributed by atoms with E-state index in [-0.39, 0.29) is 0 Å². The van der Waals surface area contributed by atoms with Crippen LogP contribution in [0.5, 0.6) is 0 Å². The molecule has 0 aliphatic rings. The van der Waals surface area contributed by atoms with Crippen LogP contribution in [0.1, 0.15) is 72.9 Å². The van der Waals surface area contributed by atoms with Crippen LogP contribution in [0.2, 0.25) is 0 Å². The summed E-state index contributed by atoms with van der Waals surface area (Å²) in [5.74, 6) is 0.833. The third-order valence-electron chi connectivity index (χ3n) is 2.56. The summed E-state index contributed by atoms with van der Waals surface area (Å²) < 4.78 is 12.6. The van der Waals surface area contributed by atoms with E-state index in [1.807, 2.05) is 20.0 Å². The van der Waals surface area contributed by atoms with Crippen LogP contribution >= 0.6 is 0 Å². The highest BCUT2D eigenvalue weighted by Gasteiger charge is 2.00. The quantitative estimate of drug-likeness (QED) is 0.412. The number of unbranched alkanes of at least 4 members (excludes halogenated alkanes) is 2. The normalized spacial score (nSPS) is 9.88. The minimum absolute atomic E-state index is 0.449. The molecule has 0 atom stereocenters. The van der Waals surface area contributed by atoms with Crippen LogP contribution in [0.4, 0.5) is 0 Å². The molecule has 1 aromatic rings. The Bertz CT molecular complexity index is 379. The minimum Gasteiger partial charge on any atom is -0.379 e. The van der Waals surface area contributed by atoms with Gasteiger partial charge in [-0.3, -0.25) is 4.68 Å². The zero-order chi connectivity index (χ0) is 19.3. The van der Waals surface area contributed by atoms with E-state index in [2.05, 4.69) is 38.0 Å². The summed E-state index contributed by atoms with van der Waals surface area (Å²) in [7, 11) is 0. The smallest absolute Gasteiger partial charge is 0.120 e. The van der Waals surface area contributed by atoms with E-state index in [0.717, 1.165) is 43.8 Å². The molecule has 1 aromatic heterocycles. The number of aldehydes is 1. The summed E-state index contributed by atoms with van der Waals surface area (Å²) >= 11 is 0. The summed E-state index contributed by atoms with van der Waals surface area (Å²) in [4.78, 5) is 10.2. The van der Waals surface area contributed by atoms with Gasteiger partial charge >= 0.3 is 0 Å². The number of carbonyl (C=O) groups is 1. The van der Waals surface area contributed by atoms with Crippen LogP contribution in [0.3, 0.4) is 0 Å². The van der Waals surface area contributed by atoms with Crippen molar-refractivity contribution in [3.63, 3.8) is 0 Å². The molecule has 0 spiro atoms. The van der Waals surface area contributed by atoms with Crippen LogP contribution in [0.25, 0.3) is 0 Å². The van der Waals surface area contributed by atoms with Crippen molar-refractivity contribution in [2.24, 2.45) is 5.92 Å². The SMILES string of the molecule is CC.CC(C)C.CCCCOCCOCc1cn(CCCC=O)nn1. The standard InChI is InChI=1S/C13H23N3O3.C4H10.C2H6/c1-2-3-8-18-9-10-19-12-13-11-16(15-14-13)6-4-5-7-17;1-4(2)3;1-2/h7,11H,2-6,8-10,12H2,1H3;4H,1-3H3;1-2H3. The zero-order valence-corrected chi connectivity index (χ0v) is 17.2. The molecule has 0 aliphatic carbocycles. The van der Waals surface area contributed by atoms with Gasteiger partial charge < -0.3 is 14.3 Å². The fraction of sp³-hybridized carbons (Fsp3) is 0.842. The molecule has 0 bridgehead atoms. The Hall–Kier alpha value is -1.27. The number of aryl methyl sites for hydroxylation is 1. The molecule has 0 aromatic carbocycles. The number of nitrogens with zero attached hydrogens (tertiary/aromatic N) is 3. The largest absolute Gasteiger partial charge is 0.379 e. The predicted molar refractivity (Wildman–Crippen MR) is 103 cm³/mol. The molecule has 0 fully saturated rings. The minimum atomic E-state index is 0.449. The molecule has 0 N–H and O–H groups in total. The Morgan fingerprint density at radius 3 is 2.36 bits per heavy atom. The van der Waals surface area contributed by atoms with Gasteiger partial charge in [0.1, 0.15) is 12.0 Å². The highest BCUT2D eigenvalue weighted by Crippen LogP contribution is 1.98. The van der Waals surface area contributed by atoms with E-state index in [1.165, 1.54) is 0 Å². The molecule has 0 saturated heterocycles. The second-order valence-corrected chi connectivity index (χ2v) is 6.03. The first-order valence-electron chi connectivity index (χ1n) is 9.58. The molecule has 6 heteroatoms. The van der Waals surface area contributed by atoms with Gasteiger partial charge in [0.25, 0.3) is 0 Å². The van der Waals surface area contributed by atoms with Crippen LogP contribution in [0, 0.1) is 5.92 Å². The number of ether oxygens (including phenoxy) is 2. The Kier molecular flexibility index (Phi) is 21.6. The Morgan fingerprint density at radius 2 is 1.76 bits per heavy atom. The van der Waals surface area contributed by atoms with Gasteiger partial charge in [-0.2, -0.15) is 0 Å². The van der Waals surface area contributed by atoms with E-state index in [1.54, 1.807) is 4.68 Å². The molecule has 1 heterocycles. The number of carbonyl (C=O) groups excluding carboxylic acids is 1. The van der Waals surface area contributed by atoms with Gasteiger partial charge in [0.05, 0.1) is 26.0 Å². The lowest BCUT2D eigenvalue weighted by Crippen LogP contribution is -2.05. The molecule has 25 heavy (non-hydrogen) atoms. The van der Waals surface area contributed by atoms with Gasteiger partial charge in [-0.1, -0.05) is 53.2 Å². The van der Waals surface area contributed by atoms with Crippen LogP contribution in [-0.4, -0.2) is 41.1 Å². The molecule has 148 valence electrons. The van der Waals surface area contributed by atoms with E-state index < -0.39 is 0 Å². The van der Waals surface area contributed by atoms with Gasteiger partial charge in [0.2, 0.25) is 0 Å². The highest BCUT2D eigenvalue weighted by molar-refractivity contribution is 5.48. The molecule has 0 aliphatic heterocycles. The molecule has 0 saturated carbocycles. The molecular weight excluding hydrogens is 318 g/mol. The topological polar surface area (TPSA) is 66.2 Å². The molecule has 0 amide bonds. The first-order chi connectivity index (χ1) is 12.1. The third kappa shape index (κ3) is 20.7. The van der Waals surface area contributed by atoms with Crippen molar-refractivity contribution in [2.45, 2.75) is 80.4 Å². The number of hydrogen-bond acceptors (Lipinski definition) is 5. The molecule has 0 radical (unpaired) electrons. The average molecular weight is 358 g/mol. The zero-order valence-electron chi connectivity index (χ0n) is 17.2. The maximum absolute atomic E-state index is 10.2. The van der Waals surface area contributed by atoms with Crippen molar-refractivity contribution in [3.8, 4) is 0 Å². The van der Waals surface area contributed by atoms with Gasteiger partial charge in [-0.25, -0.2) is 0 Å². The van der Waals surface area contributed by atoms with Gasteiger partial charge in [-0.05, 0) is 18.8 Å². The summed E-state index contributed by atoms with van der Waals surface area (Å²) in [5, 5.41) is 7.97. The fourth-order valence-corrected chi connectivity index (χ4v) is 1.49. The van der Waals surface area contributed by atoms with E-state index in [4.69, 9.17) is 9.47 Å². The van der Waals surface area contributed by atoms with Crippen molar-refractivity contribution >= 4 is 6.29 Å². The highest BCUT2D eigenvalue weighted by atomic mass is 16.5. The van der Waals surface area contributed by atoms with Crippen molar-refractivity contribution in [1.29, 1.82) is 0 Å². The Balaban J connectivity index is 0. The van der Waals surface area contributed by atoms with Crippen molar-refractivity contribution < 1.29 is 14.3 Å². The third-order valence-corrected chi connectivity index (χ3v) is 2.56. The Labute approximate surface area is 154 Å². The number of hydrogen-bond donors (Lipinski definition) is 0. The summed E-state index contributed by atoms with van der Waals surface area (Å²) in [6.07, 6.45) is 6.35. The maximum Gasteiger partial charge on any atom is 0.120 e. The molecule has 0 unspecified atom stereocenters. The van der Waals surface area contributed by atoms with Crippen molar-refractivity contribution in [1.82, 2.24) is 15.0 Å². The molecule has 6 nitrogen and oxygen atoms in total. The average Bonchev–Trinajstić information content (AvgIpc) is 3.03. The van der Waals surface area contributed by atoms with E-state index in [9.17, 15) is 4.79 Å². The lowest BCUT2D eigenvalue weighted by atomic mass is 10.3. The lowest BCUT2D eigenvalue weighted by molar-refractivity contribution is -0.107. The monoisotopic (exact) mass is 357 g/mol. The first kappa shape index (κ1) is 26.0. The maximum atomic E-state index is 10.2. The van der Waals surface area contributed by atoms with Crippen LogP contribution in [-0.2, 0) is 27.4 Å². The van der Waals surface area contributed by atoms with Gasteiger partial charge in [0, 0.05) is 19.6 Å². The first-order valence-corrected chi connectivity index (χ1v) is 9.58. The summed E-state index contributed by atoms with van der Waals surface area (Å²) in [6.45, 7) is 15.8. The Morgan fingerprint density at radius 1 is 1.12 bits per heavy atom. The number of aromatic nitrogens is 3. The van der Waals surface area contributed by atoms with Crippen LogP contribution < -0.4 is 0 Å². The number of rotatable bonds is 12. The fourth-order valence-electron chi connectivity index (χ4n) is 1.49. The predicted octanol–water partition coefficient (Wildman–Crippen LogP) is 4.28. The van der Waals surface area contributed by atoms with Crippen molar-refractivity contribution in [3.05, 3.63) is 11.9 Å². The van der Waals surface area contributed by atoms with Crippen molar-refractivity contribution in [2.75, 3.05) is 19.8 Å². The van der Waals surface area contributed by atoms with Gasteiger partial charge in [0.15, 0.2) is 0 Å². The lowest BCUT2D eigenvalue weighted by Gasteiger charge is -2.03.